The van der Waals surface area contributed by atoms with E-state index in [0.717, 1.165) is 36.2 Å². The number of aromatic nitrogens is 6. The Morgan fingerprint density at radius 1 is 0.925 bits per heavy atom. The molecule has 9 nitrogen and oxygen atoms in total. The molecule has 1 saturated heterocycles. The molecule has 0 bridgehead atoms. The number of aromatic amines is 2. The second-order valence-corrected chi connectivity index (χ2v) is 9.96. The molecule has 1 fully saturated rings. The number of imidazole rings is 1. The van der Waals surface area contributed by atoms with Crippen LogP contribution in [0.15, 0.2) is 67.0 Å². The van der Waals surface area contributed by atoms with Crippen LogP contribution in [-0.4, -0.2) is 66.4 Å². The normalized spacial score (nSPS) is 13.9. The lowest BCUT2D eigenvalue weighted by Gasteiger charge is -2.15. The first-order chi connectivity index (χ1) is 19.6. The number of aromatic hydroxyl groups is 1. The van der Waals surface area contributed by atoms with E-state index in [4.69, 9.17) is 14.7 Å². The third-order valence-corrected chi connectivity index (χ3v) is 7.22. The summed E-state index contributed by atoms with van der Waals surface area (Å²) in [4.78, 5) is 19.4. The van der Waals surface area contributed by atoms with Gasteiger partial charge in [-0.2, -0.15) is 5.10 Å². The maximum atomic E-state index is 14.7. The van der Waals surface area contributed by atoms with Crippen LogP contribution < -0.4 is 4.74 Å². The number of rotatable bonds is 7. The first-order valence-electron chi connectivity index (χ1n) is 13.3. The van der Waals surface area contributed by atoms with Crippen molar-refractivity contribution in [3.05, 3.63) is 72.8 Å². The smallest absolute Gasteiger partial charge is 0.161 e. The predicted octanol–water partition coefficient (Wildman–Crippen LogP) is 5.55. The van der Waals surface area contributed by atoms with Crippen molar-refractivity contribution in [1.29, 1.82) is 0 Å². The summed E-state index contributed by atoms with van der Waals surface area (Å²) in [5.74, 6) is 0.733. The van der Waals surface area contributed by atoms with Gasteiger partial charge in [0.2, 0.25) is 0 Å². The van der Waals surface area contributed by atoms with Crippen molar-refractivity contribution in [2.24, 2.45) is 0 Å². The molecule has 7 rings (SSSR count). The highest BCUT2D eigenvalue weighted by molar-refractivity contribution is 5.96. The van der Waals surface area contributed by atoms with E-state index < -0.39 is 0 Å². The van der Waals surface area contributed by atoms with E-state index in [9.17, 15) is 9.50 Å². The average Bonchev–Trinajstić information content (AvgIpc) is 3.72. The minimum atomic E-state index is -0.363. The summed E-state index contributed by atoms with van der Waals surface area (Å²) in [6.07, 6.45) is 5.46. The van der Waals surface area contributed by atoms with Crippen LogP contribution in [0.25, 0.3) is 56.0 Å². The zero-order chi connectivity index (χ0) is 27.1. The highest BCUT2D eigenvalue weighted by Crippen LogP contribution is 2.34. The molecule has 0 unspecified atom stereocenters. The summed E-state index contributed by atoms with van der Waals surface area (Å²) >= 11 is 0. The van der Waals surface area contributed by atoms with E-state index in [1.54, 1.807) is 12.3 Å². The number of pyridine rings is 2. The lowest BCUT2D eigenvalue weighted by Crippen LogP contribution is -2.25. The Balaban J connectivity index is 1.23. The molecule has 200 valence electrons. The fraction of sp³-hybridized carbons (Fsp3) is 0.200. The predicted molar refractivity (Wildman–Crippen MR) is 150 cm³/mol. The summed E-state index contributed by atoms with van der Waals surface area (Å²) < 4.78 is 20.6. The van der Waals surface area contributed by atoms with Crippen LogP contribution in [0.4, 0.5) is 4.39 Å². The van der Waals surface area contributed by atoms with Crippen molar-refractivity contribution in [3.63, 3.8) is 0 Å². The van der Waals surface area contributed by atoms with Gasteiger partial charge in [-0.05, 0) is 67.9 Å². The van der Waals surface area contributed by atoms with Gasteiger partial charge in [-0.25, -0.2) is 14.4 Å². The number of ether oxygens (including phenoxy) is 1. The molecule has 10 heteroatoms. The van der Waals surface area contributed by atoms with Gasteiger partial charge in [-0.3, -0.25) is 15.0 Å². The van der Waals surface area contributed by atoms with E-state index in [0.29, 0.717) is 51.7 Å². The topological polar surface area (TPSA) is 116 Å². The minimum absolute atomic E-state index is 0.0640. The van der Waals surface area contributed by atoms with Crippen molar-refractivity contribution in [1.82, 2.24) is 35.0 Å². The van der Waals surface area contributed by atoms with Crippen LogP contribution >= 0.6 is 0 Å². The Morgan fingerprint density at radius 3 is 2.70 bits per heavy atom. The lowest BCUT2D eigenvalue weighted by molar-refractivity contribution is 0.237. The highest BCUT2D eigenvalue weighted by Gasteiger charge is 2.18. The Morgan fingerprint density at radius 2 is 1.82 bits per heavy atom. The van der Waals surface area contributed by atoms with Crippen molar-refractivity contribution in [3.8, 4) is 45.4 Å². The maximum Gasteiger partial charge on any atom is 0.161 e. The molecule has 3 N–H and O–H groups in total. The summed E-state index contributed by atoms with van der Waals surface area (Å²) in [6.45, 7) is 3.53. The molecule has 1 aliphatic rings. The van der Waals surface area contributed by atoms with Crippen LogP contribution in [0.5, 0.6) is 11.5 Å². The number of hydrogen-bond acceptors (Lipinski definition) is 7. The largest absolute Gasteiger partial charge is 0.506 e. The van der Waals surface area contributed by atoms with Gasteiger partial charge in [-0.1, -0.05) is 12.1 Å². The monoisotopic (exact) mass is 535 g/mol. The number of H-pyrrole nitrogens is 2. The Hall–Kier alpha value is -4.83. The number of benzene rings is 2. The van der Waals surface area contributed by atoms with Gasteiger partial charge in [0.25, 0.3) is 0 Å². The number of hydrogen-bond donors (Lipinski definition) is 3. The van der Waals surface area contributed by atoms with Crippen molar-refractivity contribution in [2.75, 3.05) is 26.2 Å². The van der Waals surface area contributed by atoms with E-state index in [1.165, 1.54) is 31.2 Å². The summed E-state index contributed by atoms with van der Waals surface area (Å²) in [7, 11) is 0. The third-order valence-electron chi connectivity index (χ3n) is 7.22. The zero-order valence-electron chi connectivity index (χ0n) is 21.6. The van der Waals surface area contributed by atoms with Gasteiger partial charge in [0.05, 0.1) is 28.4 Å². The van der Waals surface area contributed by atoms with Gasteiger partial charge in [0, 0.05) is 29.9 Å². The molecule has 0 amide bonds. The number of para-hydroxylation sites is 1. The highest BCUT2D eigenvalue weighted by atomic mass is 19.1. The number of fused-ring (bicyclic) bond motifs is 2. The molecule has 0 aliphatic carbocycles. The van der Waals surface area contributed by atoms with E-state index in [1.807, 2.05) is 36.4 Å². The zero-order valence-corrected chi connectivity index (χ0v) is 21.6. The quantitative estimate of drug-likeness (QED) is 0.245. The average molecular weight is 536 g/mol. The summed E-state index contributed by atoms with van der Waals surface area (Å²) in [6, 6.07) is 15.9. The van der Waals surface area contributed by atoms with E-state index in [-0.39, 0.29) is 11.6 Å². The molecule has 0 radical (unpaired) electrons. The van der Waals surface area contributed by atoms with Crippen LogP contribution in [0, 0.1) is 5.82 Å². The first-order valence-corrected chi connectivity index (χ1v) is 13.3. The van der Waals surface area contributed by atoms with Gasteiger partial charge >= 0.3 is 0 Å². The van der Waals surface area contributed by atoms with Crippen LogP contribution in [0.1, 0.15) is 12.8 Å². The van der Waals surface area contributed by atoms with Crippen LogP contribution in [0.2, 0.25) is 0 Å². The Kier molecular flexibility index (Phi) is 6.09. The SMILES string of the molecule is Oc1cncc(-c2ccc3[nH]nc(-c4nc5c(-c6cc(F)cc(OCCN7CCCC7)c6)cccc5[nH]4)c3n2)c1. The van der Waals surface area contributed by atoms with Gasteiger partial charge in [-0.15, -0.1) is 0 Å². The van der Waals surface area contributed by atoms with Gasteiger partial charge < -0.3 is 14.8 Å². The van der Waals surface area contributed by atoms with Gasteiger partial charge in [0.1, 0.15) is 29.4 Å². The molecule has 5 heterocycles. The number of halogens is 1. The number of likely N-dealkylation sites (tertiary alicyclic amines) is 1. The van der Waals surface area contributed by atoms with Crippen LogP contribution in [-0.2, 0) is 0 Å². The van der Waals surface area contributed by atoms with E-state index in [2.05, 4.69) is 25.1 Å². The molecule has 1 aliphatic heterocycles. The molecule has 6 aromatic rings. The second-order valence-electron chi connectivity index (χ2n) is 9.96. The van der Waals surface area contributed by atoms with Crippen molar-refractivity contribution in [2.45, 2.75) is 12.8 Å². The Bertz CT molecular complexity index is 1840. The fourth-order valence-corrected chi connectivity index (χ4v) is 5.27. The third kappa shape index (κ3) is 4.62. The second kappa shape index (κ2) is 10.0. The molecule has 0 atom stereocenters. The van der Waals surface area contributed by atoms with E-state index >= 15 is 0 Å². The number of nitrogens with zero attached hydrogens (tertiary/aromatic N) is 5. The summed E-state index contributed by atoms with van der Waals surface area (Å²) in [5.41, 5.74) is 6.20. The van der Waals surface area contributed by atoms with Crippen molar-refractivity contribution < 1.29 is 14.2 Å². The maximum absolute atomic E-state index is 14.7. The first kappa shape index (κ1) is 24.2. The molecular formula is C30H26FN7O2. The van der Waals surface area contributed by atoms with Crippen molar-refractivity contribution >= 4 is 22.1 Å². The summed E-state index contributed by atoms with van der Waals surface area (Å²) in [5, 5.41) is 17.3. The fourth-order valence-electron chi connectivity index (χ4n) is 5.27. The molecule has 4 aromatic heterocycles. The molecule has 0 spiro atoms. The molecule has 0 saturated carbocycles. The lowest BCUT2D eigenvalue weighted by atomic mass is 10.0. The Labute approximate surface area is 228 Å². The van der Waals surface area contributed by atoms with Crippen LogP contribution in [0.3, 0.4) is 0 Å². The molecule has 2 aromatic carbocycles. The molecule has 40 heavy (non-hydrogen) atoms. The van der Waals surface area contributed by atoms with Gasteiger partial charge in [0.15, 0.2) is 11.5 Å². The minimum Gasteiger partial charge on any atom is -0.506 e. The standard InChI is InChI=1S/C30H26FN7O2/c31-20-12-18(14-22(15-20)40-11-10-38-8-1-2-9-38)23-4-3-5-25-27(23)35-30(34-25)29-28-26(36-37-29)7-6-24(33-28)19-13-21(39)17-32-16-19/h3-7,12-17,39H,1-2,8-11H2,(H,34,35)(H,36,37). The number of nitrogens with one attached hydrogen (secondary N) is 2. The molecular weight excluding hydrogens is 509 g/mol.